The third kappa shape index (κ3) is 5.36. The highest BCUT2D eigenvalue weighted by molar-refractivity contribution is 6.30. The Morgan fingerprint density at radius 1 is 1.23 bits per heavy atom. The normalized spacial score (nSPS) is 11.7. The minimum atomic E-state index is -1.17. The van der Waals surface area contributed by atoms with Crippen molar-refractivity contribution < 1.29 is 19.1 Å². The van der Waals surface area contributed by atoms with Gasteiger partial charge in [-0.1, -0.05) is 23.7 Å². The van der Waals surface area contributed by atoms with E-state index in [0.29, 0.717) is 10.6 Å². The van der Waals surface area contributed by atoms with Crippen LogP contribution in [0.4, 0.5) is 10.1 Å². The summed E-state index contributed by atoms with van der Waals surface area (Å²) in [6.45, 7) is 2.11. The molecule has 0 fully saturated rings. The van der Waals surface area contributed by atoms with E-state index in [2.05, 4.69) is 20.6 Å². The summed E-state index contributed by atoms with van der Waals surface area (Å²) in [6.07, 6.45) is 1.63. The Bertz CT molecular complexity index is 1050. The lowest BCUT2D eigenvalue weighted by Gasteiger charge is -2.15. The Kier molecular flexibility index (Phi) is 6.68. The molecule has 4 N–H and O–H groups in total. The lowest BCUT2D eigenvalue weighted by Crippen LogP contribution is -2.42. The SMILES string of the molecule is Cc1[nH]cnc1CNc1cc(C(=O)N[C@H](Cc2ccc(Cl)cc2)C(=O)O)ccc1F. The molecular weight excluding hydrogens is 411 g/mol. The van der Waals surface area contributed by atoms with Gasteiger partial charge in [-0.3, -0.25) is 4.79 Å². The van der Waals surface area contributed by atoms with Gasteiger partial charge in [0.25, 0.3) is 5.91 Å². The maximum atomic E-state index is 14.1. The largest absolute Gasteiger partial charge is 0.480 e. The highest BCUT2D eigenvalue weighted by Crippen LogP contribution is 2.18. The Morgan fingerprint density at radius 3 is 2.60 bits per heavy atom. The van der Waals surface area contributed by atoms with Crippen molar-refractivity contribution in [2.75, 3.05) is 5.32 Å². The van der Waals surface area contributed by atoms with Gasteiger partial charge in [-0.2, -0.15) is 0 Å². The van der Waals surface area contributed by atoms with Crippen molar-refractivity contribution >= 4 is 29.2 Å². The summed E-state index contributed by atoms with van der Waals surface area (Å²) in [7, 11) is 0. The summed E-state index contributed by atoms with van der Waals surface area (Å²) in [5, 5.41) is 15.4. The van der Waals surface area contributed by atoms with Gasteiger partial charge in [0.05, 0.1) is 24.3 Å². The number of carbonyl (C=O) groups is 2. The Labute approximate surface area is 177 Å². The quantitative estimate of drug-likeness (QED) is 0.437. The average Bonchev–Trinajstić information content (AvgIpc) is 3.13. The first-order valence-corrected chi connectivity index (χ1v) is 9.51. The van der Waals surface area contributed by atoms with Crippen molar-refractivity contribution in [2.24, 2.45) is 0 Å². The number of nitrogens with one attached hydrogen (secondary N) is 3. The van der Waals surface area contributed by atoms with Crippen LogP contribution in [0.25, 0.3) is 0 Å². The monoisotopic (exact) mass is 430 g/mol. The number of aliphatic carboxylic acids is 1. The van der Waals surface area contributed by atoms with Crippen molar-refractivity contribution in [1.82, 2.24) is 15.3 Å². The van der Waals surface area contributed by atoms with Gasteiger partial charge >= 0.3 is 5.97 Å². The van der Waals surface area contributed by atoms with Gasteiger partial charge in [0.15, 0.2) is 0 Å². The van der Waals surface area contributed by atoms with Gasteiger partial charge < -0.3 is 20.7 Å². The first-order chi connectivity index (χ1) is 14.3. The summed E-state index contributed by atoms with van der Waals surface area (Å²) in [6, 6.07) is 9.34. The maximum absolute atomic E-state index is 14.1. The number of nitrogens with zero attached hydrogens (tertiary/aromatic N) is 1. The van der Waals surface area contributed by atoms with E-state index in [-0.39, 0.29) is 24.2 Å². The molecule has 2 aromatic carbocycles. The number of hydrogen-bond donors (Lipinski definition) is 4. The molecule has 0 bridgehead atoms. The molecular formula is C21H20ClFN4O3. The minimum Gasteiger partial charge on any atom is -0.480 e. The van der Waals surface area contributed by atoms with Crippen LogP contribution in [0.3, 0.4) is 0 Å². The van der Waals surface area contributed by atoms with E-state index < -0.39 is 23.7 Å². The molecule has 9 heteroatoms. The second-order valence-corrected chi connectivity index (χ2v) is 7.15. The smallest absolute Gasteiger partial charge is 0.326 e. The van der Waals surface area contributed by atoms with Crippen LogP contribution in [0.1, 0.15) is 27.3 Å². The molecule has 3 aromatic rings. The van der Waals surface area contributed by atoms with Crippen LogP contribution in [0.15, 0.2) is 48.8 Å². The molecule has 1 aromatic heterocycles. The summed E-state index contributed by atoms with van der Waals surface area (Å²) in [5.41, 5.74) is 2.54. The third-order valence-corrected chi connectivity index (χ3v) is 4.82. The molecule has 1 amide bonds. The zero-order chi connectivity index (χ0) is 21.7. The maximum Gasteiger partial charge on any atom is 0.326 e. The lowest BCUT2D eigenvalue weighted by atomic mass is 10.1. The number of aromatic amines is 1. The van der Waals surface area contributed by atoms with Crippen LogP contribution < -0.4 is 10.6 Å². The van der Waals surface area contributed by atoms with Gasteiger partial charge in [-0.05, 0) is 42.8 Å². The number of rotatable bonds is 8. The van der Waals surface area contributed by atoms with E-state index in [1.807, 2.05) is 6.92 Å². The number of hydrogen-bond acceptors (Lipinski definition) is 4. The standard InChI is InChI=1S/C21H20ClFN4O3/c1-12-19(26-11-25-12)10-24-17-9-14(4-7-16(17)23)20(28)27-18(21(29)30)8-13-2-5-15(22)6-3-13/h2-7,9,11,18,24H,8,10H2,1H3,(H,25,26)(H,27,28)(H,29,30)/t18-/m1/s1. The summed E-state index contributed by atoms with van der Waals surface area (Å²) >= 11 is 5.84. The highest BCUT2D eigenvalue weighted by Gasteiger charge is 2.22. The van der Waals surface area contributed by atoms with Crippen molar-refractivity contribution in [2.45, 2.75) is 25.9 Å². The van der Waals surface area contributed by atoms with Crippen molar-refractivity contribution in [3.8, 4) is 0 Å². The molecule has 0 saturated carbocycles. The molecule has 3 rings (SSSR count). The Hall–Kier alpha value is -3.39. The zero-order valence-electron chi connectivity index (χ0n) is 16.1. The van der Waals surface area contributed by atoms with E-state index in [1.165, 1.54) is 12.1 Å². The molecule has 0 radical (unpaired) electrons. The van der Waals surface area contributed by atoms with Crippen LogP contribution in [-0.2, 0) is 17.8 Å². The van der Waals surface area contributed by atoms with Crippen molar-refractivity contribution in [1.29, 1.82) is 0 Å². The number of aromatic nitrogens is 2. The van der Waals surface area contributed by atoms with Crippen LogP contribution in [0.2, 0.25) is 5.02 Å². The fraction of sp³-hybridized carbons (Fsp3) is 0.190. The molecule has 0 aliphatic rings. The van der Waals surface area contributed by atoms with Crippen LogP contribution in [0.5, 0.6) is 0 Å². The number of carbonyl (C=O) groups excluding carboxylic acids is 1. The molecule has 7 nitrogen and oxygen atoms in total. The van der Waals surface area contributed by atoms with Gasteiger partial charge in [0.2, 0.25) is 0 Å². The highest BCUT2D eigenvalue weighted by atomic mass is 35.5. The molecule has 0 aliphatic carbocycles. The molecule has 1 heterocycles. The fourth-order valence-electron chi connectivity index (χ4n) is 2.84. The number of carboxylic acid groups (broad SMARTS) is 1. The number of anilines is 1. The van der Waals surface area contributed by atoms with Gasteiger partial charge in [0, 0.05) is 22.7 Å². The van der Waals surface area contributed by atoms with Crippen LogP contribution >= 0.6 is 11.6 Å². The number of halogens is 2. The number of amides is 1. The number of imidazole rings is 1. The summed E-state index contributed by atoms with van der Waals surface area (Å²) < 4.78 is 14.1. The van der Waals surface area contributed by atoms with Crippen LogP contribution in [0, 0.1) is 12.7 Å². The molecule has 0 aliphatic heterocycles. The Morgan fingerprint density at radius 2 is 1.97 bits per heavy atom. The molecule has 1 atom stereocenters. The first kappa shape index (κ1) is 21.3. The minimum absolute atomic E-state index is 0.0863. The van der Waals surface area contributed by atoms with Gasteiger partial charge in [-0.25, -0.2) is 14.2 Å². The molecule has 0 saturated heterocycles. The summed E-state index contributed by atoms with van der Waals surface area (Å²) in [4.78, 5) is 31.3. The fourth-order valence-corrected chi connectivity index (χ4v) is 2.97. The molecule has 0 unspecified atom stereocenters. The number of carboxylic acids is 1. The Balaban J connectivity index is 1.70. The second kappa shape index (κ2) is 9.41. The number of H-pyrrole nitrogens is 1. The number of benzene rings is 2. The van der Waals surface area contributed by atoms with E-state index >= 15 is 0 Å². The number of aryl methyl sites for hydroxylation is 1. The van der Waals surface area contributed by atoms with E-state index in [9.17, 15) is 19.1 Å². The van der Waals surface area contributed by atoms with Gasteiger partial charge in [0.1, 0.15) is 11.9 Å². The lowest BCUT2D eigenvalue weighted by molar-refractivity contribution is -0.139. The zero-order valence-corrected chi connectivity index (χ0v) is 16.8. The molecule has 0 spiro atoms. The van der Waals surface area contributed by atoms with E-state index in [1.54, 1.807) is 30.6 Å². The van der Waals surface area contributed by atoms with Crippen LogP contribution in [-0.4, -0.2) is 33.0 Å². The average molecular weight is 431 g/mol. The van der Waals surface area contributed by atoms with Crippen molar-refractivity contribution in [3.63, 3.8) is 0 Å². The predicted octanol–water partition coefficient (Wildman–Crippen LogP) is 3.55. The van der Waals surface area contributed by atoms with E-state index in [4.69, 9.17) is 11.6 Å². The molecule has 156 valence electrons. The van der Waals surface area contributed by atoms with Crippen molar-refractivity contribution in [3.05, 3.63) is 82.1 Å². The van der Waals surface area contributed by atoms with Gasteiger partial charge in [-0.15, -0.1) is 0 Å². The topological polar surface area (TPSA) is 107 Å². The third-order valence-electron chi connectivity index (χ3n) is 4.57. The first-order valence-electron chi connectivity index (χ1n) is 9.14. The molecule has 30 heavy (non-hydrogen) atoms. The second-order valence-electron chi connectivity index (χ2n) is 6.72. The predicted molar refractivity (Wildman–Crippen MR) is 111 cm³/mol. The summed E-state index contributed by atoms with van der Waals surface area (Å²) in [5.74, 6) is -2.32. The van der Waals surface area contributed by atoms with E-state index in [0.717, 1.165) is 17.5 Å².